The summed E-state index contributed by atoms with van der Waals surface area (Å²) in [6.45, 7) is 0. The Kier molecular flexibility index (Phi) is 2.81. The van der Waals surface area contributed by atoms with Gasteiger partial charge in [0.25, 0.3) is 0 Å². The molecule has 0 aromatic heterocycles. The number of allylic oxidation sites excluding steroid dienone is 3. The van der Waals surface area contributed by atoms with Gasteiger partial charge in [0.2, 0.25) is 0 Å². The largest absolute Gasteiger partial charge is 0.455 e. The van der Waals surface area contributed by atoms with Gasteiger partial charge in [-0.2, -0.15) is 0 Å². The summed E-state index contributed by atoms with van der Waals surface area (Å²) in [5.41, 5.74) is 0. The lowest BCUT2D eigenvalue weighted by atomic mass is 10.1. The Bertz CT molecular complexity index is 421. The van der Waals surface area contributed by atoms with Gasteiger partial charge in [0.05, 0.1) is 0 Å². The lowest BCUT2D eigenvalue weighted by Gasteiger charge is -2.10. The first-order valence-corrected chi connectivity index (χ1v) is 4.58. The van der Waals surface area contributed by atoms with E-state index in [2.05, 4.69) is 0 Å². The zero-order valence-corrected chi connectivity index (χ0v) is 7.91. The first kappa shape index (κ1) is 9.90. The van der Waals surface area contributed by atoms with Crippen molar-refractivity contribution in [2.45, 2.75) is 6.42 Å². The molecule has 0 heterocycles. The van der Waals surface area contributed by atoms with Crippen molar-refractivity contribution in [1.82, 2.24) is 0 Å². The summed E-state index contributed by atoms with van der Waals surface area (Å²) in [4.78, 5) is 0. The van der Waals surface area contributed by atoms with Crippen molar-refractivity contribution in [3.63, 3.8) is 0 Å². The van der Waals surface area contributed by atoms with Crippen LogP contribution in [0.15, 0.2) is 48.0 Å². The zero-order valence-electron chi connectivity index (χ0n) is 7.91. The number of hydrogen-bond acceptors (Lipinski definition) is 1. The van der Waals surface area contributed by atoms with E-state index in [0.717, 1.165) is 0 Å². The standard InChI is InChI=1S/C12H9F2O/c13-9-4-3-5-10(8-9)15-12-7-2-1-6-11(12)14/h2-8H,1H2. The van der Waals surface area contributed by atoms with Crippen LogP contribution in [0.2, 0.25) is 0 Å². The molecule has 0 unspecified atom stereocenters. The Morgan fingerprint density at radius 2 is 2.07 bits per heavy atom. The Morgan fingerprint density at radius 1 is 1.20 bits per heavy atom. The summed E-state index contributed by atoms with van der Waals surface area (Å²) in [5, 5.41) is 0. The average molecular weight is 207 g/mol. The molecule has 0 spiro atoms. The molecule has 15 heavy (non-hydrogen) atoms. The van der Waals surface area contributed by atoms with Crippen LogP contribution in [0.4, 0.5) is 8.78 Å². The van der Waals surface area contributed by atoms with Gasteiger partial charge in [-0.1, -0.05) is 12.1 Å². The van der Waals surface area contributed by atoms with Gasteiger partial charge in [-0.3, -0.25) is 0 Å². The second-order valence-electron chi connectivity index (χ2n) is 3.11. The molecule has 1 aliphatic rings. The van der Waals surface area contributed by atoms with E-state index in [9.17, 15) is 8.78 Å². The van der Waals surface area contributed by atoms with E-state index >= 15 is 0 Å². The van der Waals surface area contributed by atoms with E-state index in [0.29, 0.717) is 12.2 Å². The van der Waals surface area contributed by atoms with Gasteiger partial charge >= 0.3 is 0 Å². The van der Waals surface area contributed by atoms with E-state index in [4.69, 9.17) is 4.74 Å². The molecule has 0 amide bonds. The molecule has 0 bridgehead atoms. The van der Waals surface area contributed by atoms with E-state index in [-0.39, 0.29) is 5.76 Å². The van der Waals surface area contributed by atoms with Gasteiger partial charge in [0.1, 0.15) is 17.4 Å². The number of rotatable bonds is 2. The lowest BCUT2D eigenvalue weighted by Crippen LogP contribution is -1.99. The Balaban J connectivity index is 2.18. The third-order valence-electron chi connectivity index (χ3n) is 1.96. The Hall–Kier alpha value is -1.64. The fraction of sp³-hybridized carbons (Fsp3) is 0.0833. The molecule has 3 heteroatoms. The molecule has 1 aromatic rings. The maximum absolute atomic E-state index is 13.2. The summed E-state index contributed by atoms with van der Waals surface area (Å²) in [7, 11) is 0. The van der Waals surface area contributed by atoms with Crippen LogP contribution < -0.4 is 4.74 Å². The van der Waals surface area contributed by atoms with Crippen LogP contribution in [0.3, 0.4) is 0 Å². The average Bonchev–Trinajstić information content (AvgIpc) is 2.22. The molecular weight excluding hydrogens is 198 g/mol. The Morgan fingerprint density at radius 3 is 2.80 bits per heavy atom. The van der Waals surface area contributed by atoms with Crippen LogP contribution in [0.5, 0.6) is 5.75 Å². The molecule has 1 aromatic carbocycles. The van der Waals surface area contributed by atoms with Gasteiger partial charge in [-0.05, 0) is 24.6 Å². The summed E-state index contributed by atoms with van der Waals surface area (Å²) < 4.78 is 31.2. The zero-order chi connectivity index (χ0) is 10.7. The molecule has 0 saturated heterocycles. The minimum absolute atomic E-state index is 0.117. The first-order valence-electron chi connectivity index (χ1n) is 4.58. The number of halogens is 2. The third-order valence-corrected chi connectivity index (χ3v) is 1.96. The molecule has 0 fully saturated rings. The molecule has 0 aliphatic heterocycles. The number of benzene rings is 1. The summed E-state index contributed by atoms with van der Waals surface area (Å²) >= 11 is 0. The van der Waals surface area contributed by atoms with Gasteiger partial charge in [0.15, 0.2) is 5.76 Å². The van der Waals surface area contributed by atoms with E-state index < -0.39 is 11.6 Å². The molecular formula is C12H9F2O. The van der Waals surface area contributed by atoms with Crippen molar-refractivity contribution in [3.8, 4) is 5.75 Å². The molecule has 1 nitrogen and oxygen atoms in total. The van der Waals surface area contributed by atoms with Crippen LogP contribution in [0.25, 0.3) is 0 Å². The van der Waals surface area contributed by atoms with Gasteiger partial charge in [0, 0.05) is 12.5 Å². The second kappa shape index (κ2) is 4.26. The van der Waals surface area contributed by atoms with E-state index in [1.807, 2.05) is 0 Å². The van der Waals surface area contributed by atoms with Gasteiger partial charge in [-0.15, -0.1) is 0 Å². The van der Waals surface area contributed by atoms with Crippen LogP contribution >= 0.6 is 0 Å². The highest BCUT2D eigenvalue weighted by Crippen LogP contribution is 2.23. The number of ether oxygens (including phenoxy) is 1. The van der Waals surface area contributed by atoms with Crippen LogP contribution in [0.1, 0.15) is 6.42 Å². The topological polar surface area (TPSA) is 9.23 Å². The lowest BCUT2D eigenvalue weighted by molar-refractivity contribution is 0.410. The van der Waals surface area contributed by atoms with Gasteiger partial charge in [-0.25, -0.2) is 8.78 Å². The molecule has 1 aliphatic carbocycles. The SMILES string of the molecule is FC1=C(Oc2cccc(F)c2)C=CC[CH]1. The molecule has 2 rings (SSSR count). The normalized spacial score (nSPS) is 15.6. The van der Waals surface area contributed by atoms with Gasteiger partial charge < -0.3 is 4.74 Å². The van der Waals surface area contributed by atoms with Crippen LogP contribution in [-0.2, 0) is 0 Å². The van der Waals surface area contributed by atoms with Crippen molar-refractivity contribution in [2.24, 2.45) is 0 Å². The summed E-state index contributed by atoms with van der Waals surface area (Å²) in [6, 6.07) is 5.61. The van der Waals surface area contributed by atoms with E-state index in [1.165, 1.54) is 24.6 Å². The van der Waals surface area contributed by atoms with Crippen molar-refractivity contribution in [3.05, 3.63) is 60.2 Å². The molecule has 77 valence electrons. The smallest absolute Gasteiger partial charge is 0.158 e. The fourth-order valence-electron chi connectivity index (χ4n) is 1.27. The van der Waals surface area contributed by atoms with Crippen LogP contribution in [0, 0.1) is 12.2 Å². The van der Waals surface area contributed by atoms with Crippen molar-refractivity contribution in [2.75, 3.05) is 0 Å². The minimum Gasteiger partial charge on any atom is -0.455 e. The maximum atomic E-state index is 13.2. The Labute approximate surface area is 86.7 Å². The second-order valence-corrected chi connectivity index (χ2v) is 3.11. The highest BCUT2D eigenvalue weighted by atomic mass is 19.1. The van der Waals surface area contributed by atoms with Crippen molar-refractivity contribution >= 4 is 0 Å². The third kappa shape index (κ3) is 2.43. The predicted octanol–water partition coefficient (Wildman–Crippen LogP) is 3.55. The quantitative estimate of drug-likeness (QED) is 0.720. The monoisotopic (exact) mass is 207 g/mol. The van der Waals surface area contributed by atoms with E-state index in [1.54, 1.807) is 18.2 Å². The van der Waals surface area contributed by atoms with Crippen molar-refractivity contribution < 1.29 is 13.5 Å². The van der Waals surface area contributed by atoms with Crippen LogP contribution in [-0.4, -0.2) is 0 Å². The fourth-order valence-corrected chi connectivity index (χ4v) is 1.27. The summed E-state index contributed by atoms with van der Waals surface area (Å²) in [6.07, 6.45) is 5.29. The molecule has 0 N–H and O–H groups in total. The number of hydrogen-bond donors (Lipinski definition) is 0. The highest BCUT2D eigenvalue weighted by molar-refractivity contribution is 5.32. The molecule has 1 radical (unpaired) electrons. The minimum atomic E-state index is -0.415. The van der Waals surface area contributed by atoms with Crippen molar-refractivity contribution in [1.29, 1.82) is 0 Å². The highest BCUT2D eigenvalue weighted by Gasteiger charge is 2.10. The maximum Gasteiger partial charge on any atom is 0.158 e. The molecule has 0 saturated carbocycles. The first-order chi connectivity index (χ1) is 7.25. The predicted molar refractivity (Wildman–Crippen MR) is 53.2 cm³/mol. The molecule has 0 atom stereocenters. The summed E-state index contributed by atoms with van der Waals surface area (Å²) in [5.74, 6) is -0.411.